The van der Waals surface area contributed by atoms with Gasteiger partial charge in [-0.15, -0.1) is 0 Å². The van der Waals surface area contributed by atoms with Crippen LogP contribution in [0.15, 0.2) is 18.2 Å². The molecule has 1 saturated heterocycles. The Labute approximate surface area is 128 Å². The molecule has 1 aromatic rings. The Morgan fingerprint density at radius 3 is 1.95 bits per heavy atom. The maximum Gasteiger partial charge on any atom is 0.184 e. The lowest BCUT2D eigenvalue weighted by atomic mass is 9.63. The smallest absolute Gasteiger partial charge is 0.184 e. The van der Waals surface area contributed by atoms with Crippen LogP contribution in [0.3, 0.4) is 0 Å². The first kappa shape index (κ1) is 15.1. The van der Waals surface area contributed by atoms with Gasteiger partial charge in [-0.2, -0.15) is 0 Å². The van der Waals surface area contributed by atoms with Gasteiger partial charge in [-0.1, -0.05) is 39.8 Å². The molecule has 0 bridgehead atoms. The molecule has 2 aliphatic rings. The second-order valence-corrected chi connectivity index (χ2v) is 8.09. The van der Waals surface area contributed by atoms with E-state index < -0.39 is 0 Å². The third-order valence-corrected chi connectivity index (χ3v) is 5.49. The summed E-state index contributed by atoms with van der Waals surface area (Å²) in [5.74, 6) is 0. The van der Waals surface area contributed by atoms with Crippen LogP contribution in [0.5, 0.6) is 0 Å². The molecule has 2 nitrogen and oxygen atoms in total. The summed E-state index contributed by atoms with van der Waals surface area (Å²) in [6.07, 6.45) is 2.60. The van der Waals surface area contributed by atoms with E-state index in [-0.39, 0.29) is 29.3 Å². The largest absolute Gasteiger partial charge is 0.343 e. The van der Waals surface area contributed by atoms with E-state index in [4.69, 9.17) is 9.47 Å². The topological polar surface area (TPSA) is 18.5 Å². The fraction of sp³-hybridized carbons (Fsp3) is 0.684. The lowest BCUT2D eigenvalue weighted by molar-refractivity contribution is -0.0654. The molecule has 1 heterocycles. The van der Waals surface area contributed by atoms with Crippen LogP contribution in [0.2, 0.25) is 0 Å². The molecule has 0 radical (unpaired) electrons. The molecule has 21 heavy (non-hydrogen) atoms. The number of ether oxygens (including phenoxy) is 2. The van der Waals surface area contributed by atoms with Gasteiger partial charge in [0.15, 0.2) is 6.29 Å². The second kappa shape index (κ2) is 4.82. The highest BCUT2D eigenvalue weighted by molar-refractivity contribution is 5.44. The third-order valence-electron chi connectivity index (χ3n) is 5.49. The molecule has 1 aromatic carbocycles. The zero-order chi connectivity index (χ0) is 15.4. The van der Waals surface area contributed by atoms with Crippen molar-refractivity contribution in [2.24, 2.45) is 0 Å². The summed E-state index contributed by atoms with van der Waals surface area (Å²) >= 11 is 0. The molecule has 0 saturated carbocycles. The lowest BCUT2D eigenvalue weighted by Crippen LogP contribution is -2.34. The van der Waals surface area contributed by atoms with Gasteiger partial charge in [0.1, 0.15) is 0 Å². The minimum Gasteiger partial charge on any atom is -0.343 e. The van der Waals surface area contributed by atoms with Crippen LogP contribution in [0.1, 0.15) is 77.4 Å². The fourth-order valence-corrected chi connectivity index (χ4v) is 3.55. The predicted molar refractivity (Wildman–Crippen MR) is 85.6 cm³/mol. The van der Waals surface area contributed by atoms with Crippen molar-refractivity contribution in [2.45, 2.75) is 83.7 Å². The van der Waals surface area contributed by atoms with Gasteiger partial charge in [0.25, 0.3) is 0 Å². The maximum atomic E-state index is 5.95. The summed E-state index contributed by atoms with van der Waals surface area (Å²) < 4.78 is 11.9. The van der Waals surface area contributed by atoms with E-state index in [1.54, 1.807) is 0 Å². The van der Waals surface area contributed by atoms with Crippen molar-refractivity contribution in [3.05, 3.63) is 34.9 Å². The zero-order valence-electron chi connectivity index (χ0n) is 14.2. The molecule has 3 rings (SSSR count). The van der Waals surface area contributed by atoms with Crippen molar-refractivity contribution in [2.75, 3.05) is 0 Å². The van der Waals surface area contributed by atoms with Crippen LogP contribution < -0.4 is 0 Å². The van der Waals surface area contributed by atoms with Crippen molar-refractivity contribution in [3.8, 4) is 0 Å². The zero-order valence-corrected chi connectivity index (χ0v) is 14.2. The minimum atomic E-state index is -0.207. The molecule has 1 aliphatic carbocycles. The van der Waals surface area contributed by atoms with Gasteiger partial charge in [0.05, 0.1) is 12.2 Å². The summed E-state index contributed by atoms with van der Waals surface area (Å²) in [5.41, 5.74) is 4.62. The molecule has 0 N–H and O–H groups in total. The van der Waals surface area contributed by atoms with E-state index in [0.717, 1.165) is 5.56 Å². The molecule has 0 aromatic heterocycles. The SMILES string of the molecule is CC1OC(c2ccc3c(c2)C(C)(C)CCC3(C)C)OC1C. The lowest BCUT2D eigenvalue weighted by Gasteiger charge is -2.42. The molecule has 0 amide bonds. The standard InChI is InChI=1S/C19H28O2/c1-12-13(2)21-17(20-12)14-7-8-15-16(11-14)19(5,6)10-9-18(15,3)4/h7-8,11-13,17H,9-10H2,1-6H3. The van der Waals surface area contributed by atoms with E-state index in [0.29, 0.717) is 0 Å². The molecule has 116 valence electrons. The first-order chi connectivity index (χ1) is 9.71. The van der Waals surface area contributed by atoms with Crippen molar-refractivity contribution < 1.29 is 9.47 Å². The second-order valence-electron chi connectivity index (χ2n) is 8.09. The molecule has 0 spiro atoms. The maximum absolute atomic E-state index is 5.95. The average Bonchev–Trinajstić information content (AvgIpc) is 2.75. The van der Waals surface area contributed by atoms with Gasteiger partial charge in [0, 0.05) is 5.56 Å². The first-order valence-corrected chi connectivity index (χ1v) is 8.16. The Hall–Kier alpha value is -0.860. The van der Waals surface area contributed by atoms with Crippen LogP contribution in [-0.4, -0.2) is 12.2 Å². The summed E-state index contributed by atoms with van der Waals surface area (Å²) in [5, 5.41) is 0. The minimum absolute atomic E-state index is 0.162. The van der Waals surface area contributed by atoms with Gasteiger partial charge < -0.3 is 9.47 Å². The highest BCUT2D eigenvalue weighted by atomic mass is 16.7. The Kier molecular flexibility index (Phi) is 3.46. The number of fused-ring (bicyclic) bond motifs is 1. The van der Waals surface area contributed by atoms with Crippen LogP contribution in [0, 0.1) is 0 Å². The Balaban J connectivity index is 2.00. The van der Waals surface area contributed by atoms with Gasteiger partial charge >= 0.3 is 0 Å². The summed E-state index contributed by atoms with van der Waals surface area (Å²) in [6, 6.07) is 6.81. The molecule has 2 unspecified atom stereocenters. The van der Waals surface area contributed by atoms with Gasteiger partial charge in [-0.3, -0.25) is 0 Å². The van der Waals surface area contributed by atoms with Gasteiger partial charge in [0.2, 0.25) is 0 Å². The molecule has 2 heteroatoms. The van der Waals surface area contributed by atoms with E-state index in [1.165, 1.54) is 24.0 Å². The van der Waals surface area contributed by atoms with E-state index >= 15 is 0 Å². The Bertz CT molecular complexity index is 534. The van der Waals surface area contributed by atoms with Crippen LogP contribution in [0.4, 0.5) is 0 Å². The van der Waals surface area contributed by atoms with Crippen LogP contribution in [0.25, 0.3) is 0 Å². The Morgan fingerprint density at radius 2 is 1.38 bits per heavy atom. The molecule has 1 aliphatic heterocycles. The normalized spacial score (nSPS) is 33.7. The summed E-state index contributed by atoms with van der Waals surface area (Å²) in [4.78, 5) is 0. The summed E-state index contributed by atoms with van der Waals surface area (Å²) in [7, 11) is 0. The highest BCUT2D eigenvalue weighted by Crippen LogP contribution is 2.47. The van der Waals surface area contributed by atoms with E-state index in [9.17, 15) is 0 Å². The summed E-state index contributed by atoms with van der Waals surface area (Å²) in [6.45, 7) is 13.6. The number of benzene rings is 1. The molecular weight excluding hydrogens is 260 g/mol. The number of hydrogen-bond donors (Lipinski definition) is 0. The van der Waals surface area contributed by atoms with Crippen molar-refractivity contribution in [1.82, 2.24) is 0 Å². The first-order valence-electron chi connectivity index (χ1n) is 8.16. The average molecular weight is 288 g/mol. The highest BCUT2D eigenvalue weighted by Gasteiger charge is 2.38. The number of hydrogen-bond acceptors (Lipinski definition) is 2. The van der Waals surface area contributed by atoms with Crippen LogP contribution >= 0.6 is 0 Å². The fourth-order valence-electron chi connectivity index (χ4n) is 3.55. The van der Waals surface area contributed by atoms with Gasteiger partial charge in [-0.05, 0) is 54.7 Å². The third kappa shape index (κ3) is 2.53. The van der Waals surface area contributed by atoms with E-state index in [1.807, 2.05) is 0 Å². The van der Waals surface area contributed by atoms with Gasteiger partial charge in [-0.25, -0.2) is 0 Å². The van der Waals surface area contributed by atoms with Crippen molar-refractivity contribution >= 4 is 0 Å². The molecule has 2 atom stereocenters. The van der Waals surface area contributed by atoms with Crippen molar-refractivity contribution in [3.63, 3.8) is 0 Å². The Morgan fingerprint density at radius 1 is 0.857 bits per heavy atom. The molecule has 1 fully saturated rings. The predicted octanol–water partition coefficient (Wildman–Crippen LogP) is 4.86. The monoisotopic (exact) mass is 288 g/mol. The number of rotatable bonds is 1. The molecular formula is C19H28O2. The van der Waals surface area contributed by atoms with Crippen LogP contribution in [-0.2, 0) is 20.3 Å². The van der Waals surface area contributed by atoms with E-state index in [2.05, 4.69) is 59.7 Å². The van der Waals surface area contributed by atoms with Crippen molar-refractivity contribution in [1.29, 1.82) is 0 Å². The quantitative estimate of drug-likeness (QED) is 0.735.